The molecular weight excluding hydrogens is 503 g/mol. The number of ether oxygens (including phenoxy) is 1. The third-order valence-electron chi connectivity index (χ3n) is 5.79. The van der Waals surface area contributed by atoms with Crippen molar-refractivity contribution in [1.82, 2.24) is 14.9 Å². The maximum absolute atomic E-state index is 12.7. The molecule has 4 rings (SSSR count). The normalized spacial score (nSPS) is 18.3. The van der Waals surface area contributed by atoms with Crippen molar-refractivity contribution in [1.29, 1.82) is 0 Å². The van der Waals surface area contributed by atoms with Crippen molar-refractivity contribution in [3.8, 4) is 0 Å². The Morgan fingerprint density at radius 1 is 1.11 bits per heavy atom. The van der Waals surface area contributed by atoms with E-state index in [4.69, 9.17) is 27.9 Å². The number of piperazine rings is 1. The van der Waals surface area contributed by atoms with Crippen LogP contribution in [0.4, 0.5) is 26.8 Å². The number of nitrogens with one attached hydrogen (secondary N) is 3. The number of carbonyl (C=O) groups excluding carboxylic acids is 2. The van der Waals surface area contributed by atoms with E-state index >= 15 is 0 Å². The number of anilines is 3. The fourth-order valence-corrected chi connectivity index (χ4v) is 4.84. The van der Waals surface area contributed by atoms with Gasteiger partial charge in [-0.25, -0.2) is 14.6 Å². The Morgan fingerprint density at radius 2 is 1.81 bits per heavy atom. The van der Waals surface area contributed by atoms with Gasteiger partial charge in [0.2, 0.25) is 0 Å². The Hall–Kier alpha value is -3.17. The van der Waals surface area contributed by atoms with E-state index in [1.807, 2.05) is 45.6 Å². The van der Waals surface area contributed by atoms with Crippen molar-refractivity contribution in [3.63, 3.8) is 0 Å². The Kier molecular flexibility index (Phi) is 7.24. The lowest BCUT2D eigenvalue weighted by atomic mass is 10.1. The van der Waals surface area contributed by atoms with E-state index in [1.54, 1.807) is 35.5 Å². The summed E-state index contributed by atoms with van der Waals surface area (Å²) < 4.78 is 5.57. The van der Waals surface area contributed by atoms with Crippen LogP contribution in [0, 0.1) is 0 Å². The Morgan fingerprint density at radius 3 is 2.44 bits per heavy atom. The number of pyridine rings is 1. The van der Waals surface area contributed by atoms with Crippen LogP contribution >= 0.6 is 23.2 Å². The molecule has 9 nitrogen and oxygen atoms in total. The molecule has 1 aromatic carbocycles. The quantitative estimate of drug-likeness (QED) is 0.364. The number of halogens is 2. The topological polar surface area (TPSA) is 103 Å². The number of fused-ring (bicyclic) bond motifs is 1. The minimum atomic E-state index is -0.561. The minimum absolute atomic E-state index is 0.102. The van der Waals surface area contributed by atoms with Gasteiger partial charge < -0.3 is 25.3 Å². The highest BCUT2D eigenvalue weighted by atomic mass is 35.5. The molecule has 3 N–H and O–H groups in total. The van der Waals surface area contributed by atoms with Crippen molar-refractivity contribution in [3.05, 3.63) is 46.7 Å². The first-order valence-electron chi connectivity index (χ1n) is 11.7. The molecule has 2 atom stereocenters. The average Bonchev–Trinajstić information content (AvgIpc) is 3.13. The fraction of sp³-hybridized carbons (Fsp3) is 0.400. The summed E-state index contributed by atoms with van der Waals surface area (Å²) in [5.74, 6) is 0.594. The van der Waals surface area contributed by atoms with Gasteiger partial charge in [-0.15, -0.1) is 0 Å². The smallest absolute Gasteiger partial charge is 0.410 e. The summed E-state index contributed by atoms with van der Waals surface area (Å²) in [6.07, 6.45) is 2.93. The van der Waals surface area contributed by atoms with E-state index in [1.165, 1.54) is 0 Å². The van der Waals surface area contributed by atoms with Gasteiger partial charge in [-0.05, 0) is 58.9 Å². The molecule has 0 aliphatic carbocycles. The van der Waals surface area contributed by atoms with Gasteiger partial charge in [-0.1, -0.05) is 23.2 Å². The van der Waals surface area contributed by atoms with Gasteiger partial charge in [0.05, 0.1) is 34.7 Å². The molecule has 11 heteroatoms. The number of hydrogen-bond donors (Lipinski definition) is 3. The van der Waals surface area contributed by atoms with Crippen LogP contribution in [0.15, 0.2) is 36.7 Å². The van der Waals surface area contributed by atoms with Gasteiger partial charge in [0, 0.05) is 35.2 Å². The standard InChI is InChI=1S/C25H30Cl2N6O3/c1-14-12-32(13-15(2)33(14)24(35)36-25(3,4)5)22-19(27)9-17(10-29-22)30-23(34)31-21-11-28-20-7-6-16(26)8-18(20)21/h6-11,14-15,28H,12-13H2,1-5H3,(H2,30,31,34)/t14-,15+. The maximum Gasteiger partial charge on any atom is 0.410 e. The van der Waals surface area contributed by atoms with Gasteiger partial charge in [0.1, 0.15) is 11.4 Å². The van der Waals surface area contributed by atoms with Crippen molar-refractivity contribution in [2.45, 2.75) is 52.3 Å². The first kappa shape index (κ1) is 25.9. The maximum atomic E-state index is 12.7. The van der Waals surface area contributed by atoms with Crippen molar-refractivity contribution in [2.75, 3.05) is 28.6 Å². The number of carbonyl (C=O) groups is 2. The molecule has 0 spiro atoms. The molecule has 3 heterocycles. The van der Waals surface area contributed by atoms with Crippen molar-refractivity contribution >= 4 is 63.4 Å². The van der Waals surface area contributed by atoms with Crippen LogP contribution in [-0.2, 0) is 4.74 Å². The third kappa shape index (κ3) is 5.79. The highest BCUT2D eigenvalue weighted by molar-refractivity contribution is 6.33. The predicted molar refractivity (Wildman–Crippen MR) is 144 cm³/mol. The van der Waals surface area contributed by atoms with Crippen LogP contribution in [0.5, 0.6) is 0 Å². The van der Waals surface area contributed by atoms with Crippen LogP contribution in [-0.4, -0.2) is 57.8 Å². The number of amides is 3. The summed E-state index contributed by atoms with van der Waals surface area (Å²) in [6, 6.07) is 6.42. The van der Waals surface area contributed by atoms with Gasteiger partial charge in [0.25, 0.3) is 0 Å². The van der Waals surface area contributed by atoms with E-state index in [2.05, 4.69) is 20.6 Å². The number of hydrogen-bond acceptors (Lipinski definition) is 5. The summed E-state index contributed by atoms with van der Waals surface area (Å²) in [7, 11) is 0. The summed E-state index contributed by atoms with van der Waals surface area (Å²) >= 11 is 12.6. The Labute approximate surface area is 220 Å². The van der Waals surface area contributed by atoms with Gasteiger partial charge >= 0.3 is 12.1 Å². The molecule has 1 fully saturated rings. The number of urea groups is 1. The monoisotopic (exact) mass is 532 g/mol. The molecule has 3 aromatic rings. The zero-order chi connectivity index (χ0) is 26.2. The molecule has 2 aromatic heterocycles. The van der Waals surface area contributed by atoms with Crippen LogP contribution in [0.2, 0.25) is 10.0 Å². The second-order valence-corrected chi connectivity index (χ2v) is 10.8. The number of nitrogens with zero attached hydrogens (tertiary/aromatic N) is 3. The number of aromatic nitrogens is 2. The number of H-pyrrole nitrogens is 1. The first-order chi connectivity index (χ1) is 16.9. The van der Waals surface area contributed by atoms with Gasteiger partial charge in [-0.2, -0.15) is 0 Å². The van der Waals surface area contributed by atoms with Crippen LogP contribution in [0.3, 0.4) is 0 Å². The van der Waals surface area contributed by atoms with Crippen LogP contribution < -0.4 is 15.5 Å². The highest BCUT2D eigenvalue weighted by Gasteiger charge is 2.36. The minimum Gasteiger partial charge on any atom is -0.444 e. The second kappa shape index (κ2) is 10.1. The van der Waals surface area contributed by atoms with Crippen molar-refractivity contribution in [2.24, 2.45) is 0 Å². The fourth-order valence-electron chi connectivity index (χ4n) is 4.38. The van der Waals surface area contributed by atoms with Crippen molar-refractivity contribution < 1.29 is 14.3 Å². The predicted octanol–water partition coefficient (Wildman–Crippen LogP) is 6.35. The molecule has 3 amide bonds. The molecule has 192 valence electrons. The SMILES string of the molecule is C[C@@H]1CN(c2ncc(NC(=O)Nc3c[nH]c4ccc(Cl)cc34)cc2Cl)C[C@H](C)N1C(=O)OC(C)(C)C. The van der Waals surface area contributed by atoms with E-state index < -0.39 is 11.6 Å². The van der Waals surface area contributed by atoms with Crippen LogP contribution in [0.25, 0.3) is 10.9 Å². The molecular formula is C25H30Cl2N6O3. The summed E-state index contributed by atoms with van der Waals surface area (Å²) in [5.41, 5.74) is 1.35. The highest BCUT2D eigenvalue weighted by Crippen LogP contribution is 2.31. The zero-order valence-corrected chi connectivity index (χ0v) is 22.4. The average molecular weight is 533 g/mol. The second-order valence-electron chi connectivity index (χ2n) is 9.99. The third-order valence-corrected chi connectivity index (χ3v) is 6.31. The van der Waals surface area contributed by atoms with Crippen LogP contribution in [0.1, 0.15) is 34.6 Å². The van der Waals surface area contributed by atoms with E-state index in [-0.39, 0.29) is 18.2 Å². The molecule has 36 heavy (non-hydrogen) atoms. The number of aromatic amines is 1. The van der Waals surface area contributed by atoms with E-state index in [0.717, 1.165) is 10.9 Å². The molecule has 0 saturated carbocycles. The van der Waals surface area contributed by atoms with Gasteiger partial charge in [-0.3, -0.25) is 4.90 Å². The summed E-state index contributed by atoms with van der Waals surface area (Å²) in [4.78, 5) is 36.7. The zero-order valence-electron chi connectivity index (χ0n) is 20.9. The lowest BCUT2D eigenvalue weighted by molar-refractivity contribution is 0.00560. The van der Waals surface area contributed by atoms with Gasteiger partial charge in [0.15, 0.2) is 0 Å². The molecule has 0 unspecified atom stereocenters. The molecule has 1 aliphatic rings. The number of benzene rings is 1. The first-order valence-corrected chi connectivity index (χ1v) is 12.4. The molecule has 1 saturated heterocycles. The molecule has 0 bridgehead atoms. The number of rotatable bonds is 3. The Bertz CT molecular complexity index is 1280. The van der Waals surface area contributed by atoms with E-state index in [9.17, 15) is 9.59 Å². The Balaban J connectivity index is 1.41. The largest absolute Gasteiger partial charge is 0.444 e. The lowest BCUT2D eigenvalue weighted by Crippen LogP contribution is -2.59. The summed E-state index contributed by atoms with van der Waals surface area (Å²) in [5, 5.41) is 7.35. The summed E-state index contributed by atoms with van der Waals surface area (Å²) in [6.45, 7) is 10.6. The molecule has 0 radical (unpaired) electrons. The van der Waals surface area contributed by atoms with E-state index in [0.29, 0.717) is 40.3 Å². The molecule has 1 aliphatic heterocycles. The lowest BCUT2D eigenvalue weighted by Gasteiger charge is -2.45.